The van der Waals surface area contributed by atoms with Crippen molar-refractivity contribution in [2.24, 2.45) is 5.92 Å². The van der Waals surface area contributed by atoms with Gasteiger partial charge in [0, 0.05) is 18.6 Å². The number of nitriles is 1. The first-order chi connectivity index (χ1) is 7.36. The Bertz CT molecular complexity index is 300. The Balaban J connectivity index is 2.96. The van der Waals surface area contributed by atoms with Gasteiger partial charge in [-0.3, -0.25) is 9.69 Å². The zero-order valence-corrected chi connectivity index (χ0v) is 10.6. The van der Waals surface area contributed by atoms with Gasteiger partial charge in [-0.15, -0.1) is 0 Å². The maximum Gasteiger partial charge on any atom is 0.238 e. The predicted octanol–water partition coefficient (Wildman–Crippen LogP) is 1.14. The molecule has 1 N–H and O–H groups in total. The van der Waals surface area contributed by atoms with Crippen LogP contribution in [0.3, 0.4) is 0 Å². The fourth-order valence-electron chi connectivity index (χ4n) is 2.09. The van der Waals surface area contributed by atoms with Gasteiger partial charge in [-0.2, -0.15) is 5.26 Å². The fourth-order valence-corrected chi connectivity index (χ4v) is 2.09. The van der Waals surface area contributed by atoms with E-state index in [-0.39, 0.29) is 23.9 Å². The van der Waals surface area contributed by atoms with E-state index in [4.69, 9.17) is 5.26 Å². The molecule has 0 aromatic carbocycles. The lowest BCUT2D eigenvalue weighted by atomic mass is 9.99. The van der Waals surface area contributed by atoms with Gasteiger partial charge in [0.2, 0.25) is 5.91 Å². The molecule has 0 aliphatic carbocycles. The molecule has 1 heterocycles. The smallest absolute Gasteiger partial charge is 0.238 e. The second-order valence-corrected chi connectivity index (χ2v) is 5.55. The first-order valence-corrected chi connectivity index (χ1v) is 5.77. The molecule has 1 amide bonds. The van der Waals surface area contributed by atoms with Crippen LogP contribution in [0, 0.1) is 17.2 Å². The summed E-state index contributed by atoms with van der Waals surface area (Å²) in [5.74, 6) is 0.410. The van der Waals surface area contributed by atoms with E-state index < -0.39 is 0 Å². The molecular weight excluding hydrogens is 202 g/mol. The summed E-state index contributed by atoms with van der Waals surface area (Å²) in [5.41, 5.74) is -0.0859. The molecule has 0 bridgehead atoms. The predicted molar refractivity (Wildman–Crippen MR) is 62.7 cm³/mol. The third kappa shape index (κ3) is 2.96. The van der Waals surface area contributed by atoms with Crippen molar-refractivity contribution in [1.82, 2.24) is 10.2 Å². The number of carbonyl (C=O) groups is 1. The molecule has 0 aromatic rings. The van der Waals surface area contributed by atoms with Crippen LogP contribution in [0.25, 0.3) is 0 Å². The Kier molecular flexibility index (Phi) is 3.93. The van der Waals surface area contributed by atoms with Gasteiger partial charge >= 0.3 is 0 Å². The molecule has 2 unspecified atom stereocenters. The molecule has 4 nitrogen and oxygen atoms in total. The normalized spacial score (nSPS) is 28.1. The molecule has 1 aliphatic heterocycles. The standard InChI is InChI=1S/C12H21N3O/c1-9-7-14-11(16)10(5-6-13)15(8-9)12(2,3)4/h9-10H,5,7-8H2,1-4H3,(H,14,16). The van der Waals surface area contributed by atoms with Crippen LogP contribution in [-0.2, 0) is 4.79 Å². The molecule has 2 atom stereocenters. The molecule has 1 aliphatic rings. The van der Waals surface area contributed by atoms with Crippen molar-refractivity contribution in [2.45, 2.75) is 45.7 Å². The average molecular weight is 223 g/mol. The monoisotopic (exact) mass is 223 g/mol. The Morgan fingerprint density at radius 2 is 2.19 bits per heavy atom. The van der Waals surface area contributed by atoms with E-state index in [0.29, 0.717) is 12.5 Å². The molecule has 0 saturated carbocycles. The summed E-state index contributed by atoms with van der Waals surface area (Å²) in [7, 11) is 0. The molecular formula is C12H21N3O. The number of nitrogens with one attached hydrogen (secondary N) is 1. The number of hydrogen-bond acceptors (Lipinski definition) is 3. The van der Waals surface area contributed by atoms with Crippen molar-refractivity contribution in [3.05, 3.63) is 0 Å². The number of hydrogen-bond donors (Lipinski definition) is 1. The maximum absolute atomic E-state index is 11.9. The third-order valence-corrected chi connectivity index (χ3v) is 2.96. The molecule has 1 saturated heterocycles. The molecule has 0 aromatic heterocycles. The lowest BCUT2D eigenvalue weighted by molar-refractivity contribution is -0.127. The Labute approximate surface area is 97.6 Å². The average Bonchev–Trinajstić information content (AvgIpc) is 2.30. The highest BCUT2D eigenvalue weighted by molar-refractivity contribution is 5.82. The first-order valence-electron chi connectivity index (χ1n) is 5.77. The van der Waals surface area contributed by atoms with Gasteiger partial charge in [-0.1, -0.05) is 6.92 Å². The van der Waals surface area contributed by atoms with Crippen molar-refractivity contribution in [3.8, 4) is 6.07 Å². The van der Waals surface area contributed by atoms with Crippen molar-refractivity contribution in [1.29, 1.82) is 5.26 Å². The van der Waals surface area contributed by atoms with Crippen LogP contribution in [0.4, 0.5) is 0 Å². The van der Waals surface area contributed by atoms with Crippen LogP contribution in [-0.4, -0.2) is 35.5 Å². The van der Waals surface area contributed by atoms with E-state index in [1.807, 2.05) is 0 Å². The zero-order valence-electron chi connectivity index (χ0n) is 10.6. The summed E-state index contributed by atoms with van der Waals surface area (Å²) in [6, 6.07) is 1.80. The minimum atomic E-state index is -0.310. The highest BCUT2D eigenvalue weighted by Crippen LogP contribution is 2.22. The second-order valence-electron chi connectivity index (χ2n) is 5.55. The largest absolute Gasteiger partial charge is 0.354 e. The van der Waals surface area contributed by atoms with Crippen molar-refractivity contribution in [3.63, 3.8) is 0 Å². The SMILES string of the molecule is CC1CNC(=O)C(CC#N)N(C(C)(C)C)C1. The van der Waals surface area contributed by atoms with E-state index in [1.54, 1.807) is 0 Å². The Hall–Kier alpha value is -1.08. The highest BCUT2D eigenvalue weighted by atomic mass is 16.2. The number of amides is 1. The van der Waals surface area contributed by atoms with E-state index in [1.165, 1.54) is 0 Å². The Morgan fingerprint density at radius 3 is 2.69 bits per heavy atom. The van der Waals surface area contributed by atoms with E-state index in [2.05, 4.69) is 44.0 Å². The minimum Gasteiger partial charge on any atom is -0.354 e. The molecule has 90 valence electrons. The first kappa shape index (κ1) is 13.0. The van der Waals surface area contributed by atoms with Crippen LogP contribution in [0.2, 0.25) is 0 Å². The maximum atomic E-state index is 11.9. The lowest BCUT2D eigenvalue weighted by Gasteiger charge is -2.39. The minimum absolute atomic E-state index is 0.0131. The van der Waals surface area contributed by atoms with Crippen LogP contribution >= 0.6 is 0 Å². The van der Waals surface area contributed by atoms with Crippen LogP contribution in [0.1, 0.15) is 34.1 Å². The van der Waals surface area contributed by atoms with E-state index in [0.717, 1.165) is 6.54 Å². The van der Waals surface area contributed by atoms with Gasteiger partial charge < -0.3 is 5.32 Å². The molecule has 0 radical (unpaired) electrons. The van der Waals surface area contributed by atoms with Gasteiger partial charge in [-0.25, -0.2) is 0 Å². The molecule has 16 heavy (non-hydrogen) atoms. The van der Waals surface area contributed by atoms with Crippen LogP contribution in [0.5, 0.6) is 0 Å². The molecule has 1 fully saturated rings. The van der Waals surface area contributed by atoms with E-state index >= 15 is 0 Å². The summed E-state index contributed by atoms with van der Waals surface area (Å²) in [6.07, 6.45) is 0.260. The van der Waals surface area contributed by atoms with Gasteiger partial charge in [0.25, 0.3) is 0 Å². The van der Waals surface area contributed by atoms with Gasteiger partial charge in [-0.05, 0) is 26.7 Å². The summed E-state index contributed by atoms with van der Waals surface area (Å²) in [5, 5.41) is 11.7. The van der Waals surface area contributed by atoms with Gasteiger partial charge in [0.05, 0.1) is 12.5 Å². The van der Waals surface area contributed by atoms with Crippen molar-refractivity contribution >= 4 is 5.91 Å². The third-order valence-electron chi connectivity index (χ3n) is 2.96. The summed E-state index contributed by atoms with van der Waals surface area (Å²) in [4.78, 5) is 14.0. The van der Waals surface area contributed by atoms with Crippen molar-refractivity contribution in [2.75, 3.05) is 13.1 Å². The summed E-state index contributed by atoms with van der Waals surface area (Å²) >= 11 is 0. The van der Waals surface area contributed by atoms with E-state index in [9.17, 15) is 4.79 Å². The molecule has 0 spiro atoms. The summed E-state index contributed by atoms with van der Waals surface area (Å²) in [6.45, 7) is 9.93. The Morgan fingerprint density at radius 1 is 1.56 bits per heavy atom. The quantitative estimate of drug-likeness (QED) is 0.725. The van der Waals surface area contributed by atoms with Crippen molar-refractivity contribution < 1.29 is 4.79 Å². The number of nitrogens with zero attached hydrogens (tertiary/aromatic N) is 2. The van der Waals surface area contributed by atoms with Crippen LogP contribution < -0.4 is 5.32 Å². The second kappa shape index (κ2) is 4.84. The number of carbonyl (C=O) groups excluding carboxylic acids is 1. The molecule has 1 rings (SSSR count). The van der Waals surface area contributed by atoms with Gasteiger partial charge in [0.15, 0.2) is 0 Å². The topological polar surface area (TPSA) is 56.1 Å². The zero-order chi connectivity index (χ0) is 12.3. The summed E-state index contributed by atoms with van der Waals surface area (Å²) < 4.78 is 0. The highest BCUT2D eigenvalue weighted by Gasteiger charge is 2.36. The number of rotatable bonds is 1. The molecule has 4 heteroatoms. The van der Waals surface area contributed by atoms with Gasteiger partial charge in [0.1, 0.15) is 6.04 Å². The van der Waals surface area contributed by atoms with Crippen LogP contribution in [0.15, 0.2) is 0 Å². The lowest BCUT2D eigenvalue weighted by Crippen LogP contribution is -2.52. The fraction of sp³-hybridized carbons (Fsp3) is 0.833.